The number of carbonyl (C=O) groups excluding carboxylic acids is 1. The van der Waals surface area contributed by atoms with Crippen LogP contribution >= 0.6 is 0 Å². The predicted molar refractivity (Wildman–Crippen MR) is 90.2 cm³/mol. The van der Waals surface area contributed by atoms with Gasteiger partial charge >= 0.3 is 5.97 Å². The smallest absolute Gasteiger partial charge is 0.308 e. The third kappa shape index (κ3) is 4.08. The van der Waals surface area contributed by atoms with Crippen LogP contribution in [-0.4, -0.2) is 40.6 Å². The molecule has 0 saturated heterocycles. The van der Waals surface area contributed by atoms with Crippen molar-refractivity contribution in [3.63, 3.8) is 0 Å². The Balaban J connectivity index is 1.71. The quantitative estimate of drug-likeness (QED) is 0.832. The zero-order chi connectivity index (χ0) is 17.1. The maximum absolute atomic E-state index is 12.9. The molecule has 0 radical (unpaired) electrons. The van der Waals surface area contributed by atoms with Crippen LogP contribution in [0, 0.1) is 5.92 Å². The van der Waals surface area contributed by atoms with Gasteiger partial charge in [0, 0.05) is 18.2 Å². The van der Waals surface area contributed by atoms with E-state index in [2.05, 4.69) is 0 Å². The summed E-state index contributed by atoms with van der Waals surface area (Å²) in [4.78, 5) is 25.7. The minimum absolute atomic E-state index is 0.0949. The van der Waals surface area contributed by atoms with E-state index >= 15 is 0 Å². The Morgan fingerprint density at radius 3 is 2.58 bits per heavy atom. The molecule has 0 aliphatic heterocycles. The van der Waals surface area contributed by atoms with Crippen molar-refractivity contribution >= 4 is 11.9 Å². The minimum Gasteiger partial charge on any atom is -0.490 e. The van der Waals surface area contributed by atoms with Crippen molar-refractivity contribution in [1.29, 1.82) is 0 Å². The molecule has 0 spiro atoms. The highest BCUT2D eigenvalue weighted by Crippen LogP contribution is 2.30. The van der Waals surface area contributed by atoms with Gasteiger partial charge in [-0.1, -0.05) is 13.0 Å². The number of hydrogen-bond acceptors (Lipinski definition) is 3. The third-order valence-corrected chi connectivity index (χ3v) is 4.83. The second-order valence-corrected chi connectivity index (χ2v) is 6.98. The van der Waals surface area contributed by atoms with E-state index in [-0.39, 0.29) is 24.6 Å². The maximum Gasteiger partial charge on any atom is 0.308 e. The highest BCUT2D eigenvalue weighted by molar-refractivity contribution is 5.95. The third-order valence-electron chi connectivity index (χ3n) is 4.83. The fourth-order valence-electron chi connectivity index (χ4n) is 3.22. The van der Waals surface area contributed by atoms with Crippen LogP contribution in [0.1, 0.15) is 55.8 Å². The van der Waals surface area contributed by atoms with E-state index in [4.69, 9.17) is 9.84 Å². The van der Waals surface area contributed by atoms with Crippen LogP contribution in [0.2, 0.25) is 0 Å². The zero-order valence-corrected chi connectivity index (χ0v) is 14.1. The van der Waals surface area contributed by atoms with E-state index < -0.39 is 11.9 Å². The van der Waals surface area contributed by atoms with Crippen molar-refractivity contribution < 1.29 is 19.4 Å². The van der Waals surface area contributed by atoms with Crippen LogP contribution in [0.5, 0.6) is 5.75 Å². The summed E-state index contributed by atoms with van der Waals surface area (Å²) >= 11 is 0. The topological polar surface area (TPSA) is 66.8 Å². The van der Waals surface area contributed by atoms with Gasteiger partial charge in [-0.25, -0.2) is 0 Å². The number of benzene rings is 1. The standard InChI is InChI=1S/C19H25NO4/c1-13(19(22)23)12-20(15-9-10-15)18(21)14-5-4-8-17(11-14)24-16-6-2-3-7-16/h4-5,8,11,13,15-16H,2-3,6-7,9-10,12H2,1H3,(H,22,23). The van der Waals surface area contributed by atoms with Crippen molar-refractivity contribution in [3.8, 4) is 5.75 Å². The molecule has 5 heteroatoms. The van der Waals surface area contributed by atoms with E-state index in [1.807, 2.05) is 12.1 Å². The van der Waals surface area contributed by atoms with Gasteiger partial charge in [0.15, 0.2) is 0 Å². The lowest BCUT2D eigenvalue weighted by atomic mass is 10.1. The van der Waals surface area contributed by atoms with Gasteiger partial charge in [0.05, 0.1) is 12.0 Å². The van der Waals surface area contributed by atoms with Crippen LogP contribution in [0.3, 0.4) is 0 Å². The van der Waals surface area contributed by atoms with Gasteiger partial charge in [-0.3, -0.25) is 9.59 Å². The summed E-state index contributed by atoms with van der Waals surface area (Å²) in [6, 6.07) is 7.48. The first kappa shape index (κ1) is 16.8. The molecule has 1 unspecified atom stereocenters. The molecule has 1 amide bonds. The summed E-state index contributed by atoms with van der Waals surface area (Å²) in [5.41, 5.74) is 0.579. The van der Waals surface area contributed by atoms with Crippen LogP contribution in [0.4, 0.5) is 0 Å². The van der Waals surface area contributed by atoms with Crippen molar-refractivity contribution in [2.75, 3.05) is 6.54 Å². The second kappa shape index (κ2) is 7.24. The fraction of sp³-hybridized carbons (Fsp3) is 0.579. The predicted octanol–water partition coefficient (Wildman–Crippen LogP) is 3.33. The number of hydrogen-bond donors (Lipinski definition) is 1. The Labute approximate surface area is 142 Å². The van der Waals surface area contributed by atoms with E-state index in [1.54, 1.807) is 24.0 Å². The van der Waals surface area contributed by atoms with Crippen LogP contribution in [-0.2, 0) is 4.79 Å². The van der Waals surface area contributed by atoms with Gasteiger partial charge < -0.3 is 14.7 Å². The number of nitrogens with zero attached hydrogens (tertiary/aromatic N) is 1. The molecule has 1 N–H and O–H groups in total. The van der Waals surface area contributed by atoms with Crippen LogP contribution < -0.4 is 4.74 Å². The summed E-state index contributed by atoms with van der Waals surface area (Å²) < 4.78 is 5.98. The Morgan fingerprint density at radius 2 is 1.96 bits per heavy atom. The van der Waals surface area contributed by atoms with Gasteiger partial charge in [-0.05, 0) is 56.7 Å². The van der Waals surface area contributed by atoms with Crippen LogP contribution in [0.15, 0.2) is 24.3 Å². The average molecular weight is 331 g/mol. The van der Waals surface area contributed by atoms with Gasteiger partial charge in [0.2, 0.25) is 0 Å². The summed E-state index contributed by atoms with van der Waals surface area (Å²) in [5.74, 6) is -0.795. The van der Waals surface area contributed by atoms with Gasteiger partial charge in [-0.2, -0.15) is 0 Å². The number of aliphatic carboxylic acids is 1. The lowest BCUT2D eigenvalue weighted by Crippen LogP contribution is -2.38. The van der Waals surface area contributed by atoms with Crippen molar-refractivity contribution in [2.45, 2.75) is 57.6 Å². The second-order valence-electron chi connectivity index (χ2n) is 6.98. The molecule has 2 fully saturated rings. The molecule has 3 rings (SSSR count). The fourth-order valence-corrected chi connectivity index (χ4v) is 3.22. The largest absolute Gasteiger partial charge is 0.490 e. The van der Waals surface area contributed by atoms with Crippen molar-refractivity contribution in [3.05, 3.63) is 29.8 Å². The number of amides is 1. The highest BCUT2D eigenvalue weighted by atomic mass is 16.5. The van der Waals surface area contributed by atoms with Crippen LogP contribution in [0.25, 0.3) is 0 Å². The monoisotopic (exact) mass is 331 g/mol. The lowest BCUT2D eigenvalue weighted by molar-refractivity contribution is -0.141. The molecule has 5 nitrogen and oxygen atoms in total. The minimum atomic E-state index is -0.869. The zero-order valence-electron chi connectivity index (χ0n) is 14.1. The molecular weight excluding hydrogens is 306 g/mol. The average Bonchev–Trinajstić information content (AvgIpc) is 3.29. The van der Waals surface area contributed by atoms with Gasteiger partial charge in [0.1, 0.15) is 5.75 Å². The summed E-state index contributed by atoms with van der Waals surface area (Å²) in [6.07, 6.45) is 6.71. The Bertz CT molecular complexity index is 605. The molecule has 1 aromatic rings. The van der Waals surface area contributed by atoms with Crippen molar-refractivity contribution in [2.24, 2.45) is 5.92 Å². The molecule has 130 valence electrons. The molecule has 1 aromatic carbocycles. The molecule has 0 bridgehead atoms. The summed E-state index contributed by atoms with van der Waals surface area (Å²) in [6.45, 7) is 1.90. The number of rotatable bonds is 7. The lowest BCUT2D eigenvalue weighted by Gasteiger charge is -2.24. The first-order valence-electron chi connectivity index (χ1n) is 8.85. The number of carboxylic acids is 1. The van der Waals surface area contributed by atoms with E-state index in [9.17, 15) is 9.59 Å². The van der Waals surface area contributed by atoms with E-state index in [1.165, 1.54) is 12.8 Å². The first-order chi connectivity index (χ1) is 11.5. The molecule has 2 aliphatic rings. The molecule has 0 aromatic heterocycles. The molecule has 2 saturated carbocycles. The molecule has 0 heterocycles. The number of ether oxygens (including phenoxy) is 1. The number of carbonyl (C=O) groups is 2. The summed E-state index contributed by atoms with van der Waals surface area (Å²) in [7, 11) is 0. The number of carboxylic acid groups (broad SMARTS) is 1. The Hall–Kier alpha value is -2.04. The van der Waals surface area contributed by atoms with Gasteiger partial charge in [0.25, 0.3) is 5.91 Å². The SMILES string of the molecule is CC(CN(C(=O)c1cccc(OC2CCCC2)c1)C1CC1)C(=O)O. The van der Waals surface area contributed by atoms with E-state index in [0.29, 0.717) is 5.56 Å². The highest BCUT2D eigenvalue weighted by Gasteiger charge is 2.35. The molecule has 2 aliphatic carbocycles. The van der Waals surface area contributed by atoms with E-state index in [0.717, 1.165) is 31.4 Å². The molecule has 1 atom stereocenters. The first-order valence-corrected chi connectivity index (χ1v) is 8.85. The Morgan fingerprint density at radius 1 is 1.25 bits per heavy atom. The molecule has 24 heavy (non-hydrogen) atoms. The maximum atomic E-state index is 12.9. The Kier molecular flexibility index (Phi) is 5.07. The van der Waals surface area contributed by atoms with Gasteiger partial charge in [-0.15, -0.1) is 0 Å². The summed E-state index contributed by atoms with van der Waals surface area (Å²) in [5, 5.41) is 9.13. The van der Waals surface area contributed by atoms with Crippen molar-refractivity contribution in [1.82, 2.24) is 4.90 Å². The normalized spacial score (nSPS) is 19.0. The molecular formula is C19H25NO4.